The lowest BCUT2D eigenvalue weighted by molar-refractivity contribution is -0.140. The highest BCUT2D eigenvalue weighted by Gasteiger charge is 2.10. The number of carbonyl (C=O) groups is 1. The molecule has 112 valence electrons. The first-order chi connectivity index (χ1) is 10.7. The summed E-state index contributed by atoms with van der Waals surface area (Å²) in [6.45, 7) is 3.93. The van der Waals surface area contributed by atoms with Gasteiger partial charge in [-0.2, -0.15) is 0 Å². The van der Waals surface area contributed by atoms with E-state index in [0.29, 0.717) is 13.0 Å². The first-order valence-electron chi connectivity index (χ1n) is 7.09. The fourth-order valence-electron chi connectivity index (χ4n) is 2.60. The number of ether oxygens (including phenoxy) is 2. The van der Waals surface area contributed by atoms with Crippen LogP contribution in [0.1, 0.15) is 5.56 Å². The van der Waals surface area contributed by atoms with Crippen LogP contribution in [0.2, 0.25) is 0 Å². The third-order valence-electron chi connectivity index (χ3n) is 3.69. The molecule has 0 radical (unpaired) electrons. The number of carbonyl (C=O) groups excluding carboxylic acids is 1. The number of benzene rings is 2. The maximum atomic E-state index is 11.2. The number of fused-ring (bicyclic) bond motifs is 3. The van der Waals surface area contributed by atoms with Crippen molar-refractivity contribution >= 4 is 27.8 Å². The van der Waals surface area contributed by atoms with Crippen LogP contribution in [0.15, 0.2) is 54.8 Å². The van der Waals surface area contributed by atoms with Gasteiger partial charge in [-0.05, 0) is 18.2 Å². The van der Waals surface area contributed by atoms with E-state index in [0.717, 1.165) is 16.6 Å². The number of nitrogens with one attached hydrogen (secondary N) is 1. The van der Waals surface area contributed by atoms with E-state index in [2.05, 4.69) is 40.6 Å². The lowest BCUT2D eigenvalue weighted by Gasteiger charge is -2.07. The summed E-state index contributed by atoms with van der Waals surface area (Å²) in [7, 11) is 1.31. The van der Waals surface area contributed by atoms with Crippen LogP contribution in [0.5, 0.6) is 0 Å². The van der Waals surface area contributed by atoms with E-state index in [1.54, 1.807) is 0 Å². The maximum Gasteiger partial charge on any atom is 0.372 e. The molecule has 3 aromatic rings. The third kappa shape index (κ3) is 2.55. The molecule has 1 aromatic heterocycles. The van der Waals surface area contributed by atoms with Crippen LogP contribution in [-0.4, -0.2) is 24.7 Å². The second-order valence-corrected chi connectivity index (χ2v) is 5.02. The largest absolute Gasteiger partial charge is 0.487 e. The van der Waals surface area contributed by atoms with Crippen molar-refractivity contribution in [3.63, 3.8) is 0 Å². The van der Waals surface area contributed by atoms with Crippen LogP contribution in [0.3, 0.4) is 0 Å². The van der Waals surface area contributed by atoms with Crippen molar-refractivity contribution in [3.05, 3.63) is 60.4 Å². The highest BCUT2D eigenvalue weighted by molar-refractivity contribution is 6.08. The molecule has 0 spiro atoms. The second kappa shape index (κ2) is 5.93. The van der Waals surface area contributed by atoms with Crippen LogP contribution in [-0.2, 0) is 20.7 Å². The summed E-state index contributed by atoms with van der Waals surface area (Å²) < 4.78 is 9.89. The molecule has 0 aliphatic heterocycles. The van der Waals surface area contributed by atoms with Crippen molar-refractivity contribution in [2.75, 3.05) is 13.7 Å². The summed E-state index contributed by atoms with van der Waals surface area (Å²) in [5, 5.41) is 2.40. The molecule has 0 saturated carbocycles. The summed E-state index contributed by atoms with van der Waals surface area (Å²) in [6.07, 6.45) is 0.681. The predicted molar refractivity (Wildman–Crippen MR) is 86.6 cm³/mol. The molecule has 4 heteroatoms. The van der Waals surface area contributed by atoms with Crippen LogP contribution >= 0.6 is 0 Å². The van der Waals surface area contributed by atoms with E-state index in [1.807, 2.05) is 18.2 Å². The molecule has 0 saturated heterocycles. The van der Waals surface area contributed by atoms with Gasteiger partial charge in [0.05, 0.1) is 13.7 Å². The first-order valence-corrected chi connectivity index (χ1v) is 7.09. The predicted octanol–water partition coefficient (Wildman–Crippen LogP) is 3.57. The average molecular weight is 295 g/mol. The van der Waals surface area contributed by atoms with Gasteiger partial charge in [0.1, 0.15) is 0 Å². The van der Waals surface area contributed by atoms with Crippen molar-refractivity contribution in [2.45, 2.75) is 6.42 Å². The van der Waals surface area contributed by atoms with Crippen molar-refractivity contribution in [1.29, 1.82) is 0 Å². The van der Waals surface area contributed by atoms with Crippen molar-refractivity contribution in [1.82, 2.24) is 4.98 Å². The molecule has 0 unspecified atom stereocenters. The van der Waals surface area contributed by atoms with Gasteiger partial charge in [0.15, 0.2) is 5.76 Å². The minimum atomic E-state index is -0.538. The zero-order valence-corrected chi connectivity index (χ0v) is 12.4. The number of aromatic nitrogens is 1. The molecular formula is C18H17NO3. The van der Waals surface area contributed by atoms with Gasteiger partial charge >= 0.3 is 5.97 Å². The molecule has 22 heavy (non-hydrogen) atoms. The SMILES string of the molecule is C=C(OCCc1cccc2c1[nH]c1ccccc12)C(=O)OC. The quantitative estimate of drug-likeness (QED) is 0.445. The van der Waals surface area contributed by atoms with E-state index in [4.69, 9.17) is 4.74 Å². The molecule has 0 aliphatic carbocycles. The van der Waals surface area contributed by atoms with Crippen LogP contribution in [0.25, 0.3) is 21.8 Å². The first kappa shape index (κ1) is 14.2. The van der Waals surface area contributed by atoms with Gasteiger partial charge in [0.25, 0.3) is 0 Å². The fourth-order valence-corrected chi connectivity index (χ4v) is 2.60. The molecule has 1 heterocycles. The molecule has 0 bridgehead atoms. The standard InChI is InChI=1S/C18H17NO3/c1-12(18(20)21-2)22-11-10-13-6-5-8-15-14-7-3-4-9-16(14)19-17(13)15/h3-9,19H,1,10-11H2,2H3. The van der Waals surface area contributed by atoms with Crippen LogP contribution in [0, 0.1) is 0 Å². The number of hydrogen-bond acceptors (Lipinski definition) is 3. The Labute approximate surface area is 128 Å². The zero-order valence-electron chi connectivity index (χ0n) is 12.4. The van der Waals surface area contributed by atoms with E-state index in [9.17, 15) is 4.79 Å². The smallest absolute Gasteiger partial charge is 0.372 e. The molecular weight excluding hydrogens is 278 g/mol. The van der Waals surface area contributed by atoms with Crippen molar-refractivity contribution in [2.24, 2.45) is 0 Å². The number of H-pyrrole nitrogens is 1. The Morgan fingerprint density at radius 1 is 1.14 bits per heavy atom. The minimum Gasteiger partial charge on any atom is -0.487 e. The van der Waals surface area contributed by atoms with Crippen molar-refractivity contribution < 1.29 is 14.3 Å². The summed E-state index contributed by atoms with van der Waals surface area (Å²) >= 11 is 0. The maximum absolute atomic E-state index is 11.2. The molecule has 0 atom stereocenters. The van der Waals surface area contributed by atoms with E-state index >= 15 is 0 Å². The molecule has 0 fully saturated rings. The Hall–Kier alpha value is -2.75. The average Bonchev–Trinajstić information content (AvgIpc) is 2.93. The van der Waals surface area contributed by atoms with Crippen LogP contribution in [0.4, 0.5) is 0 Å². The highest BCUT2D eigenvalue weighted by atomic mass is 16.6. The number of hydrogen-bond donors (Lipinski definition) is 1. The number of esters is 1. The zero-order chi connectivity index (χ0) is 15.5. The summed E-state index contributed by atoms with van der Waals surface area (Å²) in [5.74, 6) is -0.504. The molecule has 3 rings (SSSR count). The number of aromatic amines is 1. The number of para-hydroxylation sites is 2. The molecule has 4 nitrogen and oxygen atoms in total. The summed E-state index contributed by atoms with van der Waals surface area (Å²) in [4.78, 5) is 14.7. The molecule has 0 aliphatic rings. The minimum absolute atomic E-state index is 0.0336. The van der Waals surface area contributed by atoms with Gasteiger partial charge in [-0.25, -0.2) is 4.79 Å². The fraction of sp³-hybridized carbons (Fsp3) is 0.167. The highest BCUT2D eigenvalue weighted by Crippen LogP contribution is 2.27. The van der Waals surface area contributed by atoms with Gasteiger partial charge in [-0.3, -0.25) is 0 Å². The Balaban J connectivity index is 1.82. The normalized spacial score (nSPS) is 10.8. The van der Waals surface area contributed by atoms with Crippen molar-refractivity contribution in [3.8, 4) is 0 Å². The van der Waals surface area contributed by atoms with Gasteiger partial charge in [0, 0.05) is 28.2 Å². The molecule has 0 amide bonds. The lowest BCUT2D eigenvalue weighted by Crippen LogP contribution is -2.09. The Kier molecular flexibility index (Phi) is 3.83. The van der Waals surface area contributed by atoms with E-state index in [-0.39, 0.29) is 5.76 Å². The van der Waals surface area contributed by atoms with Crippen LogP contribution < -0.4 is 0 Å². The van der Waals surface area contributed by atoms with E-state index < -0.39 is 5.97 Å². The Morgan fingerprint density at radius 2 is 1.91 bits per heavy atom. The summed E-state index contributed by atoms with van der Waals surface area (Å²) in [6, 6.07) is 14.4. The second-order valence-electron chi connectivity index (χ2n) is 5.02. The Bertz CT molecular complexity index is 848. The molecule has 1 N–H and O–H groups in total. The Morgan fingerprint density at radius 3 is 2.73 bits per heavy atom. The van der Waals surface area contributed by atoms with E-state index in [1.165, 1.54) is 17.9 Å². The monoisotopic (exact) mass is 295 g/mol. The summed E-state index contributed by atoms with van der Waals surface area (Å²) in [5.41, 5.74) is 3.37. The lowest BCUT2D eigenvalue weighted by atomic mass is 10.1. The van der Waals surface area contributed by atoms with Gasteiger partial charge in [-0.15, -0.1) is 0 Å². The third-order valence-corrected chi connectivity index (χ3v) is 3.69. The van der Waals surface area contributed by atoms with Gasteiger partial charge in [0.2, 0.25) is 0 Å². The number of methoxy groups -OCH3 is 1. The number of rotatable bonds is 5. The van der Waals surface area contributed by atoms with Gasteiger partial charge in [-0.1, -0.05) is 36.4 Å². The molecule has 2 aromatic carbocycles. The van der Waals surface area contributed by atoms with Gasteiger partial charge < -0.3 is 14.5 Å². The topological polar surface area (TPSA) is 51.3 Å².